The minimum absolute atomic E-state index is 0.910. The quantitative estimate of drug-likeness (QED) is 0.477. The summed E-state index contributed by atoms with van der Waals surface area (Å²) >= 11 is 3.46. The number of halogens is 1. The average Bonchev–Trinajstić information content (AvgIpc) is 2.54. The van der Waals surface area contributed by atoms with Gasteiger partial charge in [-0.25, -0.2) is 4.98 Å². The maximum Gasteiger partial charge on any atom is 0.0972 e. The van der Waals surface area contributed by atoms with Gasteiger partial charge in [-0.15, -0.1) is 0 Å². The normalized spacial score (nSPS) is 11.1. The standard InChI is InChI=1S/C17H10BrN3/c18-14-8-12-4-3-11-5-6-15(13-2-1-7-19-9-13)21-17(11)16(12)20-10-14/h1-10H. The van der Waals surface area contributed by atoms with Crippen LogP contribution in [0.25, 0.3) is 33.1 Å². The highest BCUT2D eigenvalue weighted by molar-refractivity contribution is 9.10. The van der Waals surface area contributed by atoms with E-state index < -0.39 is 0 Å². The first kappa shape index (κ1) is 12.4. The van der Waals surface area contributed by atoms with Crippen LogP contribution in [0.4, 0.5) is 0 Å². The van der Waals surface area contributed by atoms with E-state index in [9.17, 15) is 0 Å². The van der Waals surface area contributed by atoms with E-state index in [-0.39, 0.29) is 0 Å². The van der Waals surface area contributed by atoms with Gasteiger partial charge in [0, 0.05) is 39.4 Å². The molecule has 0 aliphatic heterocycles. The lowest BCUT2D eigenvalue weighted by atomic mass is 10.1. The molecule has 21 heavy (non-hydrogen) atoms. The van der Waals surface area contributed by atoms with Crippen molar-refractivity contribution in [3.8, 4) is 11.3 Å². The summed E-state index contributed by atoms with van der Waals surface area (Å²) in [6, 6.07) is 14.2. The molecule has 0 saturated carbocycles. The molecule has 3 aromatic heterocycles. The molecule has 0 unspecified atom stereocenters. The van der Waals surface area contributed by atoms with Crippen molar-refractivity contribution in [3.63, 3.8) is 0 Å². The number of fused-ring (bicyclic) bond motifs is 3. The van der Waals surface area contributed by atoms with Gasteiger partial charge in [-0.3, -0.25) is 9.97 Å². The lowest BCUT2D eigenvalue weighted by molar-refractivity contribution is 1.30. The minimum Gasteiger partial charge on any atom is -0.264 e. The van der Waals surface area contributed by atoms with Gasteiger partial charge in [0.2, 0.25) is 0 Å². The van der Waals surface area contributed by atoms with Crippen molar-refractivity contribution in [2.24, 2.45) is 0 Å². The van der Waals surface area contributed by atoms with Crippen LogP contribution in [-0.2, 0) is 0 Å². The maximum absolute atomic E-state index is 4.79. The van der Waals surface area contributed by atoms with E-state index in [2.05, 4.69) is 50.2 Å². The fraction of sp³-hybridized carbons (Fsp3) is 0. The van der Waals surface area contributed by atoms with Crippen LogP contribution < -0.4 is 0 Å². The Labute approximate surface area is 129 Å². The van der Waals surface area contributed by atoms with E-state index in [4.69, 9.17) is 4.98 Å². The van der Waals surface area contributed by atoms with Crippen molar-refractivity contribution in [1.29, 1.82) is 0 Å². The van der Waals surface area contributed by atoms with Crippen LogP contribution in [0.2, 0.25) is 0 Å². The van der Waals surface area contributed by atoms with Gasteiger partial charge in [0.05, 0.1) is 16.7 Å². The zero-order chi connectivity index (χ0) is 14.2. The van der Waals surface area contributed by atoms with Crippen LogP contribution in [0.15, 0.2) is 65.5 Å². The first-order chi connectivity index (χ1) is 10.3. The smallest absolute Gasteiger partial charge is 0.0972 e. The summed E-state index contributed by atoms with van der Waals surface area (Å²) in [6.45, 7) is 0. The highest BCUT2D eigenvalue weighted by Crippen LogP contribution is 2.27. The summed E-state index contributed by atoms with van der Waals surface area (Å²) in [5.74, 6) is 0. The molecule has 0 aliphatic rings. The fourth-order valence-electron chi connectivity index (χ4n) is 2.43. The zero-order valence-electron chi connectivity index (χ0n) is 11.0. The maximum atomic E-state index is 4.79. The number of pyridine rings is 3. The first-order valence-corrected chi connectivity index (χ1v) is 7.36. The molecule has 4 rings (SSSR count). The van der Waals surface area contributed by atoms with Crippen LogP contribution in [0, 0.1) is 0 Å². The van der Waals surface area contributed by atoms with Crippen LogP contribution in [-0.4, -0.2) is 15.0 Å². The number of hydrogen-bond acceptors (Lipinski definition) is 3. The number of benzene rings is 1. The predicted octanol–water partition coefficient (Wildman–Crippen LogP) is 4.61. The van der Waals surface area contributed by atoms with Gasteiger partial charge in [0.1, 0.15) is 0 Å². The third-order valence-corrected chi connectivity index (χ3v) is 3.87. The Bertz CT molecular complexity index is 952. The molecule has 0 aliphatic carbocycles. The van der Waals surface area contributed by atoms with Crippen molar-refractivity contribution < 1.29 is 0 Å². The van der Waals surface area contributed by atoms with E-state index >= 15 is 0 Å². The molecule has 0 bridgehead atoms. The number of hydrogen-bond donors (Lipinski definition) is 0. The Morgan fingerprint density at radius 1 is 0.857 bits per heavy atom. The summed E-state index contributed by atoms with van der Waals surface area (Å²) in [7, 11) is 0. The van der Waals surface area contributed by atoms with Gasteiger partial charge in [0.15, 0.2) is 0 Å². The Hall–Kier alpha value is -2.33. The molecule has 0 atom stereocenters. The van der Waals surface area contributed by atoms with Crippen molar-refractivity contribution in [2.75, 3.05) is 0 Å². The van der Waals surface area contributed by atoms with Gasteiger partial charge in [0.25, 0.3) is 0 Å². The van der Waals surface area contributed by atoms with Crippen LogP contribution >= 0.6 is 15.9 Å². The molecule has 0 radical (unpaired) electrons. The molecule has 0 saturated heterocycles. The molecular formula is C17H10BrN3. The Morgan fingerprint density at radius 3 is 2.57 bits per heavy atom. The van der Waals surface area contributed by atoms with E-state index in [1.54, 1.807) is 12.4 Å². The summed E-state index contributed by atoms with van der Waals surface area (Å²) in [4.78, 5) is 13.5. The Morgan fingerprint density at radius 2 is 1.71 bits per heavy atom. The van der Waals surface area contributed by atoms with Crippen LogP contribution in [0.3, 0.4) is 0 Å². The summed E-state index contributed by atoms with van der Waals surface area (Å²) in [5, 5.41) is 2.16. The predicted molar refractivity (Wildman–Crippen MR) is 88.0 cm³/mol. The van der Waals surface area contributed by atoms with E-state index in [0.29, 0.717) is 0 Å². The highest BCUT2D eigenvalue weighted by Gasteiger charge is 2.06. The Kier molecular flexibility index (Phi) is 2.89. The topological polar surface area (TPSA) is 38.7 Å². The number of nitrogens with zero attached hydrogens (tertiary/aromatic N) is 3. The minimum atomic E-state index is 0.910. The van der Waals surface area contributed by atoms with Gasteiger partial charge >= 0.3 is 0 Å². The van der Waals surface area contributed by atoms with Crippen LogP contribution in [0.1, 0.15) is 0 Å². The monoisotopic (exact) mass is 335 g/mol. The van der Waals surface area contributed by atoms with Gasteiger partial charge in [-0.05, 0) is 40.2 Å². The number of aromatic nitrogens is 3. The largest absolute Gasteiger partial charge is 0.264 e. The van der Waals surface area contributed by atoms with Crippen molar-refractivity contribution >= 4 is 37.7 Å². The molecule has 3 nitrogen and oxygen atoms in total. The third-order valence-electron chi connectivity index (χ3n) is 3.43. The summed E-state index contributed by atoms with van der Waals surface area (Å²) in [6.07, 6.45) is 5.39. The molecule has 4 aromatic rings. The van der Waals surface area contributed by atoms with E-state index in [0.717, 1.165) is 37.5 Å². The first-order valence-electron chi connectivity index (χ1n) is 6.57. The second kappa shape index (κ2) is 4.90. The SMILES string of the molecule is Brc1cnc2c(ccc3ccc(-c4cccnc4)nc32)c1. The van der Waals surface area contributed by atoms with Crippen LogP contribution in [0.5, 0.6) is 0 Å². The second-order valence-corrected chi connectivity index (χ2v) is 5.72. The van der Waals surface area contributed by atoms with Crippen molar-refractivity contribution in [1.82, 2.24) is 15.0 Å². The molecular weight excluding hydrogens is 326 g/mol. The van der Waals surface area contributed by atoms with Gasteiger partial charge < -0.3 is 0 Å². The second-order valence-electron chi connectivity index (χ2n) is 4.80. The summed E-state index contributed by atoms with van der Waals surface area (Å²) in [5.41, 5.74) is 3.75. The molecule has 0 amide bonds. The van der Waals surface area contributed by atoms with E-state index in [1.807, 2.05) is 24.4 Å². The van der Waals surface area contributed by atoms with Crippen molar-refractivity contribution in [2.45, 2.75) is 0 Å². The Balaban J connectivity index is 2.03. The molecule has 0 spiro atoms. The molecule has 3 heterocycles. The summed E-state index contributed by atoms with van der Waals surface area (Å²) < 4.78 is 0.970. The molecule has 0 N–H and O–H groups in total. The van der Waals surface area contributed by atoms with Gasteiger partial charge in [-0.1, -0.05) is 18.2 Å². The van der Waals surface area contributed by atoms with E-state index in [1.165, 1.54) is 0 Å². The van der Waals surface area contributed by atoms with Crippen molar-refractivity contribution in [3.05, 3.63) is 65.5 Å². The average molecular weight is 336 g/mol. The molecule has 1 aromatic carbocycles. The molecule has 4 heteroatoms. The lowest BCUT2D eigenvalue weighted by Crippen LogP contribution is -1.89. The lowest BCUT2D eigenvalue weighted by Gasteiger charge is -2.06. The number of rotatable bonds is 1. The third kappa shape index (κ3) is 2.17. The zero-order valence-corrected chi connectivity index (χ0v) is 12.6. The molecule has 100 valence electrons. The fourth-order valence-corrected chi connectivity index (χ4v) is 2.78. The molecule has 0 fully saturated rings. The highest BCUT2D eigenvalue weighted by atomic mass is 79.9. The van der Waals surface area contributed by atoms with Gasteiger partial charge in [-0.2, -0.15) is 0 Å².